The molecular weight excluding hydrogens is 262 g/mol. The highest BCUT2D eigenvalue weighted by atomic mass is 16.2. The number of amides is 1. The summed E-state index contributed by atoms with van der Waals surface area (Å²) in [6.45, 7) is 5.24. The van der Waals surface area contributed by atoms with E-state index in [0.29, 0.717) is 6.04 Å². The molecular formula is C17H25N3O. The monoisotopic (exact) mass is 287 g/mol. The summed E-state index contributed by atoms with van der Waals surface area (Å²) in [5.74, 6) is 0.162. The third-order valence-corrected chi connectivity index (χ3v) is 4.80. The maximum atomic E-state index is 12.8. The zero-order valence-corrected chi connectivity index (χ0v) is 12.9. The average Bonchev–Trinajstić information content (AvgIpc) is 3.09. The molecule has 4 nitrogen and oxygen atoms in total. The Kier molecular flexibility index (Phi) is 4.42. The van der Waals surface area contributed by atoms with Crippen LogP contribution in [0.3, 0.4) is 0 Å². The Morgan fingerprint density at radius 2 is 1.95 bits per heavy atom. The SMILES string of the molecule is CCC1CCCCN1C(=O)c1cncc(N2CCCC2)c1. The van der Waals surface area contributed by atoms with Crippen LogP contribution < -0.4 is 4.90 Å². The Bertz CT molecular complexity index is 497. The van der Waals surface area contributed by atoms with Crippen molar-refractivity contribution in [3.8, 4) is 0 Å². The minimum absolute atomic E-state index is 0.162. The van der Waals surface area contributed by atoms with Crippen LogP contribution in [0, 0.1) is 0 Å². The van der Waals surface area contributed by atoms with Gasteiger partial charge in [-0.1, -0.05) is 6.92 Å². The summed E-state index contributed by atoms with van der Waals surface area (Å²) in [4.78, 5) is 21.5. The maximum Gasteiger partial charge on any atom is 0.255 e. The molecule has 3 heterocycles. The van der Waals surface area contributed by atoms with Gasteiger partial charge in [-0.25, -0.2) is 0 Å². The largest absolute Gasteiger partial charge is 0.370 e. The molecule has 0 aromatic carbocycles. The van der Waals surface area contributed by atoms with Gasteiger partial charge >= 0.3 is 0 Å². The van der Waals surface area contributed by atoms with Crippen LogP contribution >= 0.6 is 0 Å². The fourth-order valence-electron chi connectivity index (χ4n) is 3.55. The molecule has 0 radical (unpaired) electrons. The van der Waals surface area contributed by atoms with Gasteiger partial charge in [-0.3, -0.25) is 9.78 Å². The van der Waals surface area contributed by atoms with Crippen molar-refractivity contribution >= 4 is 11.6 Å². The van der Waals surface area contributed by atoms with Crippen molar-refractivity contribution in [1.29, 1.82) is 0 Å². The summed E-state index contributed by atoms with van der Waals surface area (Å²) >= 11 is 0. The topological polar surface area (TPSA) is 36.4 Å². The fourth-order valence-corrected chi connectivity index (χ4v) is 3.55. The summed E-state index contributed by atoms with van der Waals surface area (Å²) in [6, 6.07) is 2.43. The number of pyridine rings is 1. The van der Waals surface area contributed by atoms with Crippen molar-refractivity contribution in [2.24, 2.45) is 0 Å². The highest BCUT2D eigenvalue weighted by Gasteiger charge is 2.26. The second-order valence-corrected chi connectivity index (χ2v) is 6.18. The number of likely N-dealkylation sites (tertiary alicyclic amines) is 1. The van der Waals surface area contributed by atoms with Crippen molar-refractivity contribution in [2.75, 3.05) is 24.5 Å². The molecule has 1 atom stereocenters. The van der Waals surface area contributed by atoms with Crippen LogP contribution in [0.2, 0.25) is 0 Å². The lowest BCUT2D eigenvalue weighted by Gasteiger charge is -2.35. The summed E-state index contributed by atoms with van der Waals surface area (Å²) in [6.07, 6.45) is 10.6. The standard InChI is InChI=1S/C17H25N3O/c1-2-15-7-3-4-10-20(15)17(21)14-11-16(13-18-12-14)19-8-5-6-9-19/h11-13,15H,2-10H2,1H3. The van der Waals surface area contributed by atoms with Gasteiger partial charge < -0.3 is 9.80 Å². The summed E-state index contributed by atoms with van der Waals surface area (Å²) in [5, 5.41) is 0. The molecule has 2 aliphatic heterocycles. The molecule has 0 bridgehead atoms. The van der Waals surface area contributed by atoms with Crippen LogP contribution in [0.25, 0.3) is 0 Å². The second-order valence-electron chi connectivity index (χ2n) is 6.18. The first-order chi connectivity index (χ1) is 10.3. The lowest BCUT2D eigenvalue weighted by atomic mass is 9.99. The fraction of sp³-hybridized carbons (Fsp3) is 0.647. The van der Waals surface area contributed by atoms with E-state index in [0.717, 1.165) is 50.1 Å². The van der Waals surface area contributed by atoms with Crippen LogP contribution in [0.1, 0.15) is 55.8 Å². The minimum atomic E-state index is 0.162. The number of rotatable bonds is 3. The van der Waals surface area contributed by atoms with Gasteiger partial charge in [-0.05, 0) is 44.6 Å². The number of piperidine rings is 1. The zero-order valence-electron chi connectivity index (χ0n) is 12.9. The van der Waals surface area contributed by atoms with Crippen molar-refractivity contribution in [1.82, 2.24) is 9.88 Å². The molecule has 1 aromatic rings. The summed E-state index contributed by atoms with van der Waals surface area (Å²) < 4.78 is 0. The zero-order chi connectivity index (χ0) is 14.7. The van der Waals surface area contributed by atoms with E-state index in [4.69, 9.17) is 0 Å². The van der Waals surface area contributed by atoms with Crippen molar-refractivity contribution < 1.29 is 4.79 Å². The van der Waals surface area contributed by atoms with E-state index in [1.54, 1.807) is 6.20 Å². The number of carbonyl (C=O) groups is 1. The Balaban J connectivity index is 1.78. The molecule has 1 aromatic heterocycles. The van der Waals surface area contributed by atoms with Gasteiger partial charge in [0.2, 0.25) is 0 Å². The highest BCUT2D eigenvalue weighted by Crippen LogP contribution is 2.24. The van der Waals surface area contributed by atoms with Gasteiger partial charge in [0.05, 0.1) is 17.4 Å². The van der Waals surface area contributed by atoms with Crippen LogP contribution in [-0.2, 0) is 0 Å². The molecule has 0 spiro atoms. The number of anilines is 1. The number of aromatic nitrogens is 1. The second kappa shape index (κ2) is 6.46. The molecule has 4 heteroatoms. The van der Waals surface area contributed by atoms with E-state index in [2.05, 4.69) is 21.7 Å². The van der Waals surface area contributed by atoms with Crippen LogP contribution in [0.5, 0.6) is 0 Å². The van der Waals surface area contributed by atoms with Crippen LogP contribution in [0.15, 0.2) is 18.5 Å². The molecule has 2 fully saturated rings. The summed E-state index contributed by atoms with van der Waals surface area (Å²) in [7, 11) is 0. The molecule has 2 saturated heterocycles. The maximum absolute atomic E-state index is 12.8. The Morgan fingerprint density at radius 1 is 1.19 bits per heavy atom. The Labute approximate surface area is 127 Å². The molecule has 3 rings (SSSR count). The van der Waals surface area contributed by atoms with Crippen molar-refractivity contribution in [2.45, 2.75) is 51.5 Å². The van der Waals surface area contributed by atoms with E-state index in [9.17, 15) is 4.79 Å². The number of carbonyl (C=O) groups excluding carboxylic acids is 1. The van der Waals surface area contributed by atoms with Gasteiger partial charge in [0.15, 0.2) is 0 Å². The van der Waals surface area contributed by atoms with Gasteiger partial charge in [0.25, 0.3) is 5.91 Å². The molecule has 0 N–H and O–H groups in total. The Hall–Kier alpha value is -1.58. The van der Waals surface area contributed by atoms with Gasteiger partial charge in [-0.2, -0.15) is 0 Å². The minimum Gasteiger partial charge on any atom is -0.370 e. The molecule has 0 saturated carbocycles. The van der Waals surface area contributed by atoms with E-state index in [-0.39, 0.29) is 5.91 Å². The van der Waals surface area contributed by atoms with Gasteiger partial charge in [0, 0.05) is 31.9 Å². The first-order valence-electron chi connectivity index (χ1n) is 8.30. The van der Waals surface area contributed by atoms with Gasteiger partial charge in [0.1, 0.15) is 0 Å². The molecule has 1 unspecified atom stereocenters. The third-order valence-electron chi connectivity index (χ3n) is 4.80. The van der Waals surface area contributed by atoms with E-state index in [1.165, 1.54) is 19.3 Å². The quantitative estimate of drug-likeness (QED) is 0.857. The van der Waals surface area contributed by atoms with Crippen LogP contribution in [-0.4, -0.2) is 41.5 Å². The van der Waals surface area contributed by atoms with Crippen LogP contribution in [0.4, 0.5) is 5.69 Å². The molecule has 1 amide bonds. The third kappa shape index (κ3) is 3.04. The van der Waals surface area contributed by atoms with Gasteiger partial charge in [-0.15, -0.1) is 0 Å². The first-order valence-corrected chi connectivity index (χ1v) is 8.30. The molecule has 114 valence electrons. The van der Waals surface area contributed by atoms with E-state index in [1.807, 2.05) is 12.3 Å². The highest BCUT2D eigenvalue weighted by molar-refractivity contribution is 5.95. The lowest BCUT2D eigenvalue weighted by molar-refractivity contribution is 0.0607. The first kappa shape index (κ1) is 14.4. The summed E-state index contributed by atoms with van der Waals surface area (Å²) in [5.41, 5.74) is 1.85. The number of hydrogen-bond acceptors (Lipinski definition) is 3. The predicted octanol–water partition coefficient (Wildman–Crippen LogP) is 3.09. The average molecular weight is 287 g/mol. The molecule has 21 heavy (non-hydrogen) atoms. The normalized spacial score (nSPS) is 22.6. The Morgan fingerprint density at radius 3 is 2.71 bits per heavy atom. The lowest BCUT2D eigenvalue weighted by Crippen LogP contribution is -2.43. The number of nitrogens with zero attached hydrogens (tertiary/aromatic N) is 3. The van der Waals surface area contributed by atoms with Crippen molar-refractivity contribution in [3.63, 3.8) is 0 Å². The smallest absolute Gasteiger partial charge is 0.255 e. The van der Waals surface area contributed by atoms with E-state index < -0.39 is 0 Å². The molecule has 2 aliphatic rings. The predicted molar refractivity (Wildman–Crippen MR) is 84.7 cm³/mol. The number of hydrogen-bond donors (Lipinski definition) is 0. The van der Waals surface area contributed by atoms with E-state index >= 15 is 0 Å². The van der Waals surface area contributed by atoms with Crippen molar-refractivity contribution in [3.05, 3.63) is 24.0 Å². The molecule has 0 aliphatic carbocycles.